The summed E-state index contributed by atoms with van der Waals surface area (Å²) in [5.41, 5.74) is 0. The van der Waals surface area contributed by atoms with Crippen molar-refractivity contribution in [3.63, 3.8) is 0 Å². The SMILES string of the molecule is CCCOC1CCCN(C(C)C(C)C(=O)OC)C1. The molecule has 0 aromatic rings. The van der Waals surface area contributed by atoms with Crippen molar-refractivity contribution in [2.24, 2.45) is 5.92 Å². The predicted octanol–water partition coefficient (Wildman–Crippen LogP) is 2.08. The molecule has 3 atom stereocenters. The molecule has 0 saturated carbocycles. The second-order valence-corrected chi connectivity index (χ2v) is 5.18. The Morgan fingerprint density at radius 1 is 1.44 bits per heavy atom. The van der Waals surface area contributed by atoms with Crippen LogP contribution in [0.15, 0.2) is 0 Å². The van der Waals surface area contributed by atoms with Crippen molar-refractivity contribution in [1.82, 2.24) is 4.90 Å². The summed E-state index contributed by atoms with van der Waals surface area (Å²) in [6.07, 6.45) is 3.67. The molecular formula is C14H27NO3. The van der Waals surface area contributed by atoms with Crippen LogP contribution in [0, 0.1) is 5.92 Å². The highest BCUT2D eigenvalue weighted by molar-refractivity contribution is 5.72. The third-order valence-corrected chi connectivity index (χ3v) is 3.84. The first-order chi connectivity index (χ1) is 8.60. The molecule has 0 N–H and O–H groups in total. The highest BCUT2D eigenvalue weighted by Crippen LogP contribution is 2.20. The standard InChI is InChI=1S/C14H27NO3/c1-5-9-18-13-7-6-8-15(10-13)12(3)11(2)14(16)17-4/h11-13H,5-10H2,1-4H3. The van der Waals surface area contributed by atoms with Crippen molar-refractivity contribution >= 4 is 5.97 Å². The number of nitrogens with zero attached hydrogens (tertiary/aromatic N) is 1. The Kier molecular flexibility index (Phi) is 6.65. The van der Waals surface area contributed by atoms with Crippen LogP contribution in [0.3, 0.4) is 0 Å². The zero-order valence-electron chi connectivity index (χ0n) is 12.1. The summed E-state index contributed by atoms with van der Waals surface area (Å²) in [5, 5.41) is 0. The van der Waals surface area contributed by atoms with E-state index in [-0.39, 0.29) is 17.9 Å². The van der Waals surface area contributed by atoms with Crippen molar-refractivity contribution < 1.29 is 14.3 Å². The fraction of sp³-hybridized carbons (Fsp3) is 0.929. The number of carbonyl (C=O) groups excluding carboxylic acids is 1. The Morgan fingerprint density at radius 2 is 2.17 bits per heavy atom. The van der Waals surface area contributed by atoms with Gasteiger partial charge in [-0.15, -0.1) is 0 Å². The van der Waals surface area contributed by atoms with Gasteiger partial charge in [-0.2, -0.15) is 0 Å². The number of rotatable bonds is 6. The monoisotopic (exact) mass is 257 g/mol. The van der Waals surface area contributed by atoms with Crippen LogP contribution in [0.1, 0.15) is 40.0 Å². The minimum atomic E-state index is -0.126. The first kappa shape index (κ1) is 15.4. The maximum atomic E-state index is 11.6. The molecule has 1 aliphatic heterocycles. The lowest BCUT2D eigenvalue weighted by molar-refractivity contribution is -0.147. The van der Waals surface area contributed by atoms with Gasteiger partial charge >= 0.3 is 5.97 Å². The van der Waals surface area contributed by atoms with E-state index in [0.717, 1.165) is 39.0 Å². The van der Waals surface area contributed by atoms with Crippen molar-refractivity contribution in [2.75, 3.05) is 26.8 Å². The Hall–Kier alpha value is -0.610. The summed E-state index contributed by atoms with van der Waals surface area (Å²) in [6, 6.07) is 0.213. The molecule has 3 unspecified atom stereocenters. The molecular weight excluding hydrogens is 230 g/mol. The maximum absolute atomic E-state index is 11.6. The molecule has 4 heteroatoms. The third-order valence-electron chi connectivity index (χ3n) is 3.84. The van der Waals surface area contributed by atoms with Gasteiger partial charge in [0.25, 0.3) is 0 Å². The minimum absolute atomic E-state index is 0.0834. The molecule has 0 amide bonds. The van der Waals surface area contributed by atoms with E-state index in [1.54, 1.807) is 0 Å². The Balaban J connectivity index is 2.47. The number of piperidine rings is 1. The van der Waals surface area contributed by atoms with Crippen molar-refractivity contribution in [3.8, 4) is 0 Å². The van der Waals surface area contributed by atoms with Gasteiger partial charge < -0.3 is 9.47 Å². The van der Waals surface area contributed by atoms with E-state index in [2.05, 4.69) is 18.7 Å². The molecule has 0 spiro atoms. The second kappa shape index (κ2) is 7.74. The normalized spacial score (nSPS) is 24.6. The van der Waals surface area contributed by atoms with Crippen molar-refractivity contribution in [3.05, 3.63) is 0 Å². The van der Waals surface area contributed by atoms with E-state index in [1.165, 1.54) is 7.11 Å². The zero-order chi connectivity index (χ0) is 13.5. The number of esters is 1. The van der Waals surface area contributed by atoms with E-state index in [4.69, 9.17) is 9.47 Å². The molecule has 106 valence electrons. The zero-order valence-corrected chi connectivity index (χ0v) is 12.1. The van der Waals surface area contributed by atoms with Gasteiger partial charge in [0.15, 0.2) is 0 Å². The molecule has 1 fully saturated rings. The minimum Gasteiger partial charge on any atom is -0.469 e. The summed E-state index contributed by atoms with van der Waals surface area (Å²) in [5.74, 6) is -0.209. The number of likely N-dealkylation sites (tertiary alicyclic amines) is 1. The Labute approximate surface area is 111 Å². The van der Waals surface area contributed by atoms with E-state index >= 15 is 0 Å². The fourth-order valence-corrected chi connectivity index (χ4v) is 2.46. The molecule has 0 radical (unpaired) electrons. The van der Waals surface area contributed by atoms with Crippen LogP contribution in [0.4, 0.5) is 0 Å². The first-order valence-corrected chi connectivity index (χ1v) is 7.03. The Morgan fingerprint density at radius 3 is 2.78 bits per heavy atom. The second-order valence-electron chi connectivity index (χ2n) is 5.18. The average molecular weight is 257 g/mol. The van der Waals surface area contributed by atoms with Gasteiger partial charge in [0.05, 0.1) is 19.1 Å². The van der Waals surface area contributed by atoms with Crippen LogP contribution in [-0.2, 0) is 14.3 Å². The lowest BCUT2D eigenvalue weighted by Gasteiger charge is -2.38. The van der Waals surface area contributed by atoms with Crippen LogP contribution in [0.2, 0.25) is 0 Å². The summed E-state index contributed by atoms with van der Waals surface area (Å²) in [6.45, 7) is 8.98. The number of ether oxygens (including phenoxy) is 2. The quantitative estimate of drug-likeness (QED) is 0.683. The van der Waals surface area contributed by atoms with E-state index in [1.807, 2.05) is 6.92 Å². The molecule has 18 heavy (non-hydrogen) atoms. The smallest absolute Gasteiger partial charge is 0.309 e. The summed E-state index contributed by atoms with van der Waals surface area (Å²) >= 11 is 0. The van der Waals surface area contributed by atoms with Gasteiger partial charge in [0, 0.05) is 19.2 Å². The van der Waals surface area contributed by atoms with Gasteiger partial charge in [-0.25, -0.2) is 0 Å². The lowest BCUT2D eigenvalue weighted by atomic mass is 9.98. The summed E-state index contributed by atoms with van der Waals surface area (Å²) < 4.78 is 10.6. The molecule has 1 heterocycles. The lowest BCUT2D eigenvalue weighted by Crippen LogP contribution is -2.48. The largest absolute Gasteiger partial charge is 0.469 e. The van der Waals surface area contributed by atoms with Gasteiger partial charge in [-0.1, -0.05) is 13.8 Å². The van der Waals surface area contributed by atoms with Crippen LogP contribution >= 0.6 is 0 Å². The summed E-state index contributed by atoms with van der Waals surface area (Å²) in [4.78, 5) is 13.9. The van der Waals surface area contributed by atoms with E-state index < -0.39 is 0 Å². The van der Waals surface area contributed by atoms with E-state index in [0.29, 0.717) is 6.10 Å². The third kappa shape index (κ3) is 4.25. The van der Waals surface area contributed by atoms with Gasteiger partial charge in [0.1, 0.15) is 0 Å². The fourth-order valence-electron chi connectivity index (χ4n) is 2.46. The van der Waals surface area contributed by atoms with Crippen LogP contribution in [0.5, 0.6) is 0 Å². The van der Waals surface area contributed by atoms with Crippen LogP contribution in [-0.4, -0.2) is 49.8 Å². The topological polar surface area (TPSA) is 38.8 Å². The van der Waals surface area contributed by atoms with Gasteiger partial charge in [0.2, 0.25) is 0 Å². The Bertz CT molecular complexity index is 257. The number of carbonyl (C=O) groups is 1. The maximum Gasteiger partial charge on any atom is 0.309 e. The highest BCUT2D eigenvalue weighted by atomic mass is 16.5. The molecule has 0 aromatic carbocycles. The van der Waals surface area contributed by atoms with Crippen molar-refractivity contribution in [1.29, 1.82) is 0 Å². The van der Waals surface area contributed by atoms with E-state index in [9.17, 15) is 4.79 Å². The average Bonchev–Trinajstić information content (AvgIpc) is 2.42. The van der Waals surface area contributed by atoms with Crippen LogP contribution in [0.25, 0.3) is 0 Å². The molecule has 1 saturated heterocycles. The number of hydrogen-bond donors (Lipinski definition) is 0. The summed E-state index contributed by atoms with van der Waals surface area (Å²) in [7, 11) is 1.45. The molecule has 0 bridgehead atoms. The van der Waals surface area contributed by atoms with Crippen molar-refractivity contribution in [2.45, 2.75) is 52.2 Å². The molecule has 1 rings (SSSR count). The first-order valence-electron chi connectivity index (χ1n) is 7.03. The number of methoxy groups -OCH3 is 1. The van der Waals surface area contributed by atoms with Gasteiger partial charge in [-0.3, -0.25) is 9.69 Å². The predicted molar refractivity (Wildman–Crippen MR) is 71.5 cm³/mol. The van der Waals surface area contributed by atoms with Crippen LogP contribution < -0.4 is 0 Å². The molecule has 1 aliphatic rings. The van der Waals surface area contributed by atoms with Gasteiger partial charge in [-0.05, 0) is 32.7 Å². The highest BCUT2D eigenvalue weighted by Gasteiger charge is 2.30. The molecule has 0 aliphatic carbocycles. The molecule has 0 aromatic heterocycles. The molecule has 4 nitrogen and oxygen atoms in total. The number of hydrogen-bond acceptors (Lipinski definition) is 4.